The van der Waals surface area contributed by atoms with Crippen LogP contribution < -0.4 is 16.0 Å². The van der Waals surface area contributed by atoms with E-state index in [9.17, 15) is 4.79 Å². The topological polar surface area (TPSA) is 57.2 Å². The molecular weight excluding hydrogens is 296 g/mol. The van der Waals surface area contributed by atoms with Crippen molar-refractivity contribution in [2.24, 2.45) is 11.7 Å². The van der Waals surface area contributed by atoms with E-state index in [1.165, 1.54) is 0 Å². The van der Waals surface area contributed by atoms with Crippen LogP contribution in [-0.4, -0.2) is 16.2 Å². The van der Waals surface area contributed by atoms with E-state index in [-0.39, 0.29) is 11.5 Å². The Morgan fingerprint density at radius 2 is 2.18 bits per heavy atom. The second-order valence-electron chi connectivity index (χ2n) is 5.53. The summed E-state index contributed by atoms with van der Waals surface area (Å²) in [5, 5.41) is 1.57. The Morgan fingerprint density at radius 1 is 1.41 bits per heavy atom. The SMILES string of the molecule is CCCCOc1ccc2c(=O)n(CC(C)C(N)=S)ccc2c1. The Kier molecular flexibility index (Phi) is 5.55. The molecule has 0 aliphatic rings. The van der Waals surface area contributed by atoms with E-state index >= 15 is 0 Å². The summed E-state index contributed by atoms with van der Waals surface area (Å²) in [7, 11) is 0. The van der Waals surface area contributed by atoms with Gasteiger partial charge in [-0.25, -0.2) is 0 Å². The molecule has 1 unspecified atom stereocenters. The van der Waals surface area contributed by atoms with Crippen LogP contribution in [0.5, 0.6) is 5.75 Å². The highest BCUT2D eigenvalue weighted by atomic mass is 32.1. The zero-order valence-electron chi connectivity index (χ0n) is 13.0. The number of hydrogen-bond donors (Lipinski definition) is 1. The summed E-state index contributed by atoms with van der Waals surface area (Å²) in [6, 6.07) is 7.50. The van der Waals surface area contributed by atoms with E-state index < -0.39 is 0 Å². The minimum atomic E-state index is -0.0271. The summed E-state index contributed by atoms with van der Waals surface area (Å²) in [6.45, 7) is 5.24. The second kappa shape index (κ2) is 7.40. The van der Waals surface area contributed by atoms with Crippen LogP contribution in [0.1, 0.15) is 26.7 Å². The van der Waals surface area contributed by atoms with Crippen molar-refractivity contribution in [2.45, 2.75) is 33.2 Å². The molecule has 1 heterocycles. The quantitative estimate of drug-likeness (QED) is 0.629. The molecule has 0 fully saturated rings. The summed E-state index contributed by atoms with van der Waals surface area (Å²) in [5.41, 5.74) is 5.60. The van der Waals surface area contributed by atoms with Crippen LogP contribution in [0, 0.1) is 5.92 Å². The number of fused-ring (bicyclic) bond motifs is 1. The maximum absolute atomic E-state index is 12.5. The number of unbranched alkanes of at least 4 members (excludes halogenated alkanes) is 1. The lowest BCUT2D eigenvalue weighted by Crippen LogP contribution is -2.28. The highest BCUT2D eigenvalue weighted by Gasteiger charge is 2.09. The molecule has 1 aromatic carbocycles. The smallest absolute Gasteiger partial charge is 0.258 e. The number of nitrogens with zero attached hydrogens (tertiary/aromatic N) is 1. The van der Waals surface area contributed by atoms with Gasteiger partial charge in [0.15, 0.2) is 0 Å². The molecular formula is C17H22N2O2S. The Morgan fingerprint density at radius 3 is 2.86 bits per heavy atom. The standard InChI is InChI=1S/C17H22N2O2S/c1-3-4-9-21-14-5-6-15-13(10-14)7-8-19(17(15)20)11-12(2)16(18)22/h5-8,10,12H,3-4,9,11H2,1-2H3,(H2,18,22). The van der Waals surface area contributed by atoms with Crippen LogP contribution in [0.25, 0.3) is 10.8 Å². The van der Waals surface area contributed by atoms with Gasteiger partial charge < -0.3 is 15.0 Å². The van der Waals surface area contributed by atoms with Gasteiger partial charge in [-0.3, -0.25) is 4.79 Å². The third-order valence-corrected chi connectivity index (χ3v) is 4.07. The van der Waals surface area contributed by atoms with Crippen molar-refractivity contribution in [2.75, 3.05) is 6.61 Å². The Balaban J connectivity index is 2.27. The molecule has 2 rings (SSSR count). The molecule has 2 aromatic rings. The molecule has 4 nitrogen and oxygen atoms in total. The molecule has 1 aromatic heterocycles. The molecule has 0 radical (unpaired) electrons. The van der Waals surface area contributed by atoms with Crippen LogP contribution in [-0.2, 0) is 6.54 Å². The van der Waals surface area contributed by atoms with Crippen molar-refractivity contribution in [1.82, 2.24) is 4.57 Å². The number of hydrogen-bond acceptors (Lipinski definition) is 3. The fourth-order valence-corrected chi connectivity index (χ4v) is 2.29. The lowest BCUT2D eigenvalue weighted by atomic mass is 10.1. The number of ether oxygens (including phenoxy) is 1. The van der Waals surface area contributed by atoms with Crippen LogP contribution in [0.3, 0.4) is 0 Å². The first kappa shape index (κ1) is 16.5. The summed E-state index contributed by atoms with van der Waals surface area (Å²) in [4.78, 5) is 12.9. The van der Waals surface area contributed by atoms with Crippen molar-refractivity contribution in [1.29, 1.82) is 0 Å². The molecule has 0 bridgehead atoms. The fraction of sp³-hybridized carbons (Fsp3) is 0.412. The third kappa shape index (κ3) is 3.85. The van der Waals surface area contributed by atoms with Gasteiger partial charge in [-0.1, -0.05) is 32.5 Å². The van der Waals surface area contributed by atoms with Gasteiger partial charge in [-0.2, -0.15) is 0 Å². The van der Waals surface area contributed by atoms with E-state index in [1.54, 1.807) is 10.8 Å². The molecule has 5 heteroatoms. The molecule has 1 atom stereocenters. The summed E-state index contributed by atoms with van der Waals surface area (Å²) in [5.74, 6) is 0.788. The van der Waals surface area contributed by atoms with Gasteiger partial charge in [0.2, 0.25) is 0 Å². The van der Waals surface area contributed by atoms with Gasteiger partial charge in [0.1, 0.15) is 5.75 Å². The number of pyridine rings is 1. The summed E-state index contributed by atoms with van der Waals surface area (Å²) < 4.78 is 7.33. The third-order valence-electron chi connectivity index (χ3n) is 3.67. The molecule has 0 aliphatic heterocycles. The normalized spacial score (nSPS) is 12.3. The lowest BCUT2D eigenvalue weighted by molar-refractivity contribution is 0.310. The summed E-state index contributed by atoms with van der Waals surface area (Å²) in [6.07, 6.45) is 3.91. The predicted octanol–water partition coefficient (Wildman–Crippen LogP) is 3.10. The van der Waals surface area contributed by atoms with E-state index in [2.05, 4.69) is 6.92 Å². The lowest BCUT2D eigenvalue weighted by Gasteiger charge is -2.13. The first-order valence-electron chi connectivity index (χ1n) is 7.58. The predicted molar refractivity (Wildman–Crippen MR) is 94.6 cm³/mol. The largest absolute Gasteiger partial charge is 0.494 e. The number of nitrogens with two attached hydrogens (primary N) is 1. The van der Waals surface area contributed by atoms with Crippen molar-refractivity contribution < 1.29 is 4.74 Å². The van der Waals surface area contributed by atoms with Crippen molar-refractivity contribution in [3.8, 4) is 5.75 Å². The van der Waals surface area contributed by atoms with E-state index in [0.717, 1.165) is 24.0 Å². The van der Waals surface area contributed by atoms with E-state index in [1.807, 2.05) is 31.2 Å². The average Bonchev–Trinajstić information content (AvgIpc) is 2.50. The van der Waals surface area contributed by atoms with Crippen LogP contribution in [0.4, 0.5) is 0 Å². The highest BCUT2D eigenvalue weighted by molar-refractivity contribution is 7.80. The molecule has 2 N–H and O–H groups in total. The molecule has 0 saturated heterocycles. The van der Waals surface area contributed by atoms with Crippen molar-refractivity contribution >= 4 is 28.0 Å². The van der Waals surface area contributed by atoms with Gasteiger partial charge in [0.05, 0.1) is 11.6 Å². The Labute approximate surface area is 135 Å². The molecule has 0 amide bonds. The fourth-order valence-electron chi connectivity index (χ4n) is 2.22. The van der Waals surface area contributed by atoms with Gasteiger partial charge in [0, 0.05) is 24.0 Å². The Hall–Kier alpha value is -1.88. The van der Waals surface area contributed by atoms with Gasteiger partial charge in [-0.05, 0) is 36.1 Å². The van der Waals surface area contributed by atoms with Gasteiger partial charge >= 0.3 is 0 Å². The number of aromatic nitrogens is 1. The van der Waals surface area contributed by atoms with E-state index in [0.29, 0.717) is 23.5 Å². The zero-order valence-corrected chi connectivity index (χ0v) is 13.9. The first-order valence-corrected chi connectivity index (χ1v) is 7.99. The van der Waals surface area contributed by atoms with Crippen molar-refractivity contribution in [3.05, 3.63) is 40.8 Å². The first-order chi connectivity index (χ1) is 10.5. The average molecular weight is 318 g/mol. The van der Waals surface area contributed by atoms with E-state index in [4.69, 9.17) is 22.7 Å². The zero-order chi connectivity index (χ0) is 16.1. The minimum Gasteiger partial charge on any atom is -0.494 e. The summed E-state index contributed by atoms with van der Waals surface area (Å²) >= 11 is 4.97. The molecule has 118 valence electrons. The molecule has 0 spiro atoms. The number of rotatable bonds is 7. The maximum atomic E-state index is 12.5. The number of thiocarbonyl (C=S) groups is 1. The second-order valence-corrected chi connectivity index (χ2v) is 6.00. The highest BCUT2D eigenvalue weighted by Crippen LogP contribution is 2.19. The van der Waals surface area contributed by atoms with Gasteiger partial charge in [-0.15, -0.1) is 0 Å². The van der Waals surface area contributed by atoms with Crippen LogP contribution >= 0.6 is 12.2 Å². The monoisotopic (exact) mass is 318 g/mol. The molecule has 22 heavy (non-hydrogen) atoms. The molecule has 0 aliphatic carbocycles. The van der Waals surface area contributed by atoms with Gasteiger partial charge in [0.25, 0.3) is 5.56 Å². The Bertz CT molecular complexity index is 724. The van der Waals surface area contributed by atoms with Crippen molar-refractivity contribution in [3.63, 3.8) is 0 Å². The number of benzene rings is 1. The van der Waals surface area contributed by atoms with Crippen LogP contribution in [0.2, 0.25) is 0 Å². The molecule has 0 saturated carbocycles. The minimum absolute atomic E-state index is 0.0122. The van der Waals surface area contributed by atoms with Crippen LogP contribution in [0.15, 0.2) is 35.3 Å². The maximum Gasteiger partial charge on any atom is 0.258 e.